The van der Waals surface area contributed by atoms with Gasteiger partial charge < -0.3 is 15.2 Å². The lowest BCUT2D eigenvalue weighted by Gasteiger charge is -2.16. The number of hydrogen-bond donors (Lipinski definition) is 2. The third-order valence-corrected chi connectivity index (χ3v) is 3.17. The summed E-state index contributed by atoms with van der Waals surface area (Å²) in [7, 11) is 0. The van der Waals surface area contributed by atoms with Crippen molar-refractivity contribution in [1.29, 1.82) is 0 Å². The number of aryl methyl sites for hydroxylation is 2. The van der Waals surface area contributed by atoms with Crippen LogP contribution in [0.1, 0.15) is 35.3 Å². The topological polar surface area (TPSA) is 58.6 Å². The highest BCUT2D eigenvalue weighted by Crippen LogP contribution is 2.26. The van der Waals surface area contributed by atoms with E-state index in [1.807, 2.05) is 13.8 Å². The van der Waals surface area contributed by atoms with Gasteiger partial charge in [0.25, 0.3) is 5.91 Å². The van der Waals surface area contributed by atoms with Gasteiger partial charge in [-0.2, -0.15) is 8.78 Å². The second-order valence-corrected chi connectivity index (χ2v) is 5.34. The van der Waals surface area contributed by atoms with Crippen molar-refractivity contribution in [3.05, 3.63) is 28.8 Å². The standard InChI is InChI=1S/C15H21F2NO3/c1-8(2)12(19)7-18-14(20)11-5-9(3)13(10(4)6-11)21-15(16)17/h5-6,8,12,15,19H,7H2,1-4H3,(H,18,20). The molecule has 1 rings (SSSR count). The number of hydrogen-bond acceptors (Lipinski definition) is 3. The Balaban J connectivity index is 2.82. The molecule has 0 heterocycles. The predicted octanol–water partition coefficient (Wildman–Crippen LogP) is 2.65. The maximum atomic E-state index is 12.3. The Kier molecular flexibility index (Phi) is 6.08. The molecule has 0 radical (unpaired) electrons. The van der Waals surface area contributed by atoms with Gasteiger partial charge in [0.2, 0.25) is 0 Å². The molecule has 0 aliphatic heterocycles. The first-order valence-corrected chi connectivity index (χ1v) is 6.74. The molecule has 1 atom stereocenters. The van der Waals surface area contributed by atoms with E-state index in [1.165, 1.54) is 12.1 Å². The molecule has 0 fully saturated rings. The first-order chi connectivity index (χ1) is 9.72. The van der Waals surface area contributed by atoms with Gasteiger partial charge in [-0.05, 0) is 43.0 Å². The van der Waals surface area contributed by atoms with Crippen LogP contribution in [0.25, 0.3) is 0 Å². The number of alkyl halides is 2. The van der Waals surface area contributed by atoms with Crippen LogP contribution in [0.5, 0.6) is 5.75 Å². The van der Waals surface area contributed by atoms with Crippen LogP contribution in [0.3, 0.4) is 0 Å². The van der Waals surface area contributed by atoms with Crippen molar-refractivity contribution in [1.82, 2.24) is 5.32 Å². The lowest BCUT2D eigenvalue weighted by molar-refractivity contribution is -0.0507. The zero-order chi connectivity index (χ0) is 16.2. The van der Waals surface area contributed by atoms with Gasteiger partial charge in [0, 0.05) is 12.1 Å². The van der Waals surface area contributed by atoms with Gasteiger partial charge in [0.1, 0.15) is 5.75 Å². The van der Waals surface area contributed by atoms with E-state index in [0.29, 0.717) is 16.7 Å². The molecular weight excluding hydrogens is 280 g/mol. The molecule has 0 saturated carbocycles. The lowest BCUT2D eigenvalue weighted by Crippen LogP contribution is -2.34. The average molecular weight is 301 g/mol. The van der Waals surface area contributed by atoms with E-state index >= 15 is 0 Å². The van der Waals surface area contributed by atoms with Crippen molar-refractivity contribution < 1.29 is 23.4 Å². The van der Waals surface area contributed by atoms with Crippen LogP contribution in [0, 0.1) is 19.8 Å². The van der Waals surface area contributed by atoms with Crippen LogP contribution in [0.4, 0.5) is 8.78 Å². The number of benzene rings is 1. The number of amides is 1. The fourth-order valence-electron chi connectivity index (χ4n) is 1.89. The summed E-state index contributed by atoms with van der Waals surface area (Å²) in [4.78, 5) is 12.0. The minimum absolute atomic E-state index is 0.0376. The molecule has 21 heavy (non-hydrogen) atoms. The summed E-state index contributed by atoms with van der Waals surface area (Å²) in [6.45, 7) is 4.14. The number of halogens is 2. The van der Waals surface area contributed by atoms with E-state index in [-0.39, 0.29) is 24.1 Å². The van der Waals surface area contributed by atoms with Gasteiger partial charge in [0.15, 0.2) is 0 Å². The van der Waals surface area contributed by atoms with Crippen LogP contribution in [0.15, 0.2) is 12.1 Å². The molecule has 118 valence electrons. The van der Waals surface area contributed by atoms with Gasteiger partial charge >= 0.3 is 6.61 Å². The number of nitrogens with one attached hydrogen (secondary N) is 1. The highest BCUT2D eigenvalue weighted by molar-refractivity contribution is 5.94. The molecule has 0 aliphatic rings. The molecule has 0 bridgehead atoms. The van der Waals surface area contributed by atoms with E-state index in [0.717, 1.165) is 0 Å². The molecule has 1 aromatic rings. The van der Waals surface area contributed by atoms with Gasteiger partial charge in [-0.1, -0.05) is 13.8 Å². The summed E-state index contributed by atoms with van der Waals surface area (Å²) in [5.41, 5.74) is 1.28. The molecular formula is C15H21F2NO3. The number of rotatable bonds is 6. The minimum atomic E-state index is -2.90. The highest BCUT2D eigenvalue weighted by Gasteiger charge is 2.16. The summed E-state index contributed by atoms with van der Waals surface area (Å²) >= 11 is 0. The zero-order valence-electron chi connectivity index (χ0n) is 12.6. The molecule has 1 amide bonds. The quantitative estimate of drug-likeness (QED) is 0.849. The largest absolute Gasteiger partial charge is 0.434 e. The fraction of sp³-hybridized carbons (Fsp3) is 0.533. The summed E-state index contributed by atoms with van der Waals surface area (Å²) in [5, 5.41) is 12.3. The van der Waals surface area contributed by atoms with Crippen molar-refractivity contribution in [2.45, 2.75) is 40.4 Å². The Hall–Kier alpha value is -1.69. The number of carbonyl (C=O) groups is 1. The summed E-state index contributed by atoms with van der Waals surface area (Å²) < 4.78 is 29.0. The molecule has 1 aromatic carbocycles. The maximum absolute atomic E-state index is 12.3. The van der Waals surface area contributed by atoms with E-state index in [4.69, 9.17) is 0 Å². The zero-order valence-corrected chi connectivity index (χ0v) is 12.6. The van der Waals surface area contributed by atoms with E-state index in [2.05, 4.69) is 10.1 Å². The molecule has 0 aliphatic carbocycles. The molecule has 0 aromatic heterocycles. The molecule has 2 N–H and O–H groups in total. The number of aliphatic hydroxyl groups excluding tert-OH is 1. The third-order valence-electron chi connectivity index (χ3n) is 3.17. The first kappa shape index (κ1) is 17.4. The van der Waals surface area contributed by atoms with E-state index in [1.54, 1.807) is 13.8 Å². The van der Waals surface area contributed by atoms with Crippen molar-refractivity contribution in [2.75, 3.05) is 6.54 Å². The number of carbonyl (C=O) groups excluding carboxylic acids is 1. The smallest absolute Gasteiger partial charge is 0.387 e. The first-order valence-electron chi connectivity index (χ1n) is 6.74. The van der Waals surface area contributed by atoms with Crippen LogP contribution < -0.4 is 10.1 Å². The molecule has 6 heteroatoms. The Labute approximate surface area is 123 Å². The Bertz CT molecular complexity index is 481. The third kappa shape index (κ3) is 4.97. The second-order valence-electron chi connectivity index (χ2n) is 5.34. The maximum Gasteiger partial charge on any atom is 0.387 e. The van der Waals surface area contributed by atoms with Crippen molar-refractivity contribution in [2.24, 2.45) is 5.92 Å². The average Bonchev–Trinajstić information content (AvgIpc) is 2.38. The monoisotopic (exact) mass is 301 g/mol. The Morgan fingerprint density at radius 1 is 1.29 bits per heavy atom. The van der Waals surface area contributed by atoms with E-state index < -0.39 is 12.7 Å². The summed E-state index contributed by atoms with van der Waals surface area (Å²) in [6.07, 6.45) is -0.627. The predicted molar refractivity (Wildman–Crippen MR) is 75.7 cm³/mol. The van der Waals surface area contributed by atoms with Crippen LogP contribution >= 0.6 is 0 Å². The van der Waals surface area contributed by atoms with Crippen LogP contribution in [-0.2, 0) is 0 Å². The molecule has 0 spiro atoms. The van der Waals surface area contributed by atoms with Gasteiger partial charge in [-0.25, -0.2) is 0 Å². The SMILES string of the molecule is Cc1cc(C(=O)NCC(O)C(C)C)cc(C)c1OC(F)F. The number of aliphatic hydroxyl groups is 1. The van der Waals surface area contributed by atoms with Crippen LogP contribution in [-0.4, -0.2) is 30.3 Å². The number of ether oxygens (including phenoxy) is 1. The van der Waals surface area contributed by atoms with Crippen LogP contribution in [0.2, 0.25) is 0 Å². The van der Waals surface area contributed by atoms with Gasteiger partial charge in [-0.15, -0.1) is 0 Å². The Morgan fingerprint density at radius 2 is 1.81 bits per heavy atom. The van der Waals surface area contributed by atoms with E-state index in [9.17, 15) is 18.7 Å². The summed E-state index contributed by atoms with van der Waals surface area (Å²) in [5.74, 6) is -0.233. The summed E-state index contributed by atoms with van der Waals surface area (Å²) in [6, 6.07) is 2.98. The van der Waals surface area contributed by atoms with Gasteiger partial charge in [-0.3, -0.25) is 4.79 Å². The van der Waals surface area contributed by atoms with Crippen molar-refractivity contribution in [3.8, 4) is 5.75 Å². The van der Waals surface area contributed by atoms with Crippen molar-refractivity contribution >= 4 is 5.91 Å². The molecule has 0 saturated heterocycles. The molecule has 4 nitrogen and oxygen atoms in total. The Morgan fingerprint density at radius 3 is 2.24 bits per heavy atom. The molecule has 1 unspecified atom stereocenters. The normalized spacial score (nSPS) is 12.6. The fourth-order valence-corrected chi connectivity index (χ4v) is 1.89. The van der Waals surface area contributed by atoms with Gasteiger partial charge in [0.05, 0.1) is 6.10 Å². The van der Waals surface area contributed by atoms with Crippen molar-refractivity contribution in [3.63, 3.8) is 0 Å². The lowest BCUT2D eigenvalue weighted by atomic mass is 10.0. The minimum Gasteiger partial charge on any atom is -0.434 e. The second kappa shape index (κ2) is 7.36. The highest BCUT2D eigenvalue weighted by atomic mass is 19.3.